The minimum atomic E-state index is -0.221. The topological polar surface area (TPSA) is 58.8 Å². The normalized spacial score (nSPS) is 25.0. The van der Waals surface area contributed by atoms with Crippen LogP contribution >= 0.6 is 24.8 Å². The summed E-state index contributed by atoms with van der Waals surface area (Å²) in [7, 11) is 0. The number of halogens is 2. The molecule has 142 valence electrons. The number of morpholine rings is 1. The summed E-state index contributed by atoms with van der Waals surface area (Å²) in [6.07, 6.45) is 0.382. The van der Waals surface area contributed by atoms with Gasteiger partial charge in [-0.3, -0.25) is 9.69 Å². The Morgan fingerprint density at radius 3 is 2.48 bits per heavy atom. The molecule has 0 saturated carbocycles. The van der Waals surface area contributed by atoms with Crippen LogP contribution in [0.25, 0.3) is 0 Å². The summed E-state index contributed by atoms with van der Waals surface area (Å²) in [6, 6.07) is 10.1. The molecule has 2 aliphatic heterocycles. The Morgan fingerprint density at radius 2 is 1.84 bits per heavy atom. The molecule has 3 unspecified atom stereocenters. The Bertz CT molecular complexity index is 526. The van der Waals surface area contributed by atoms with Gasteiger partial charge in [0.15, 0.2) is 0 Å². The van der Waals surface area contributed by atoms with Crippen molar-refractivity contribution in [2.45, 2.75) is 25.4 Å². The number of hydrogen-bond donors (Lipinski definition) is 1. The molecule has 2 fully saturated rings. The number of amides is 1. The van der Waals surface area contributed by atoms with Gasteiger partial charge < -0.3 is 15.4 Å². The zero-order valence-corrected chi connectivity index (χ0v) is 16.3. The van der Waals surface area contributed by atoms with E-state index in [1.807, 2.05) is 35.2 Å². The van der Waals surface area contributed by atoms with Crippen molar-refractivity contribution >= 4 is 30.7 Å². The largest absolute Gasteiger partial charge is 0.379 e. The Morgan fingerprint density at radius 1 is 1.20 bits per heavy atom. The van der Waals surface area contributed by atoms with Gasteiger partial charge >= 0.3 is 0 Å². The fourth-order valence-corrected chi connectivity index (χ4v) is 3.67. The first-order valence-electron chi connectivity index (χ1n) is 8.55. The molecule has 0 aliphatic carbocycles. The highest BCUT2D eigenvalue weighted by atomic mass is 35.5. The van der Waals surface area contributed by atoms with Crippen LogP contribution in [0, 0.1) is 5.92 Å². The molecule has 0 aromatic heterocycles. The van der Waals surface area contributed by atoms with Crippen LogP contribution in [0.2, 0.25) is 0 Å². The predicted octanol–water partition coefficient (Wildman–Crippen LogP) is 2.10. The fourth-order valence-electron chi connectivity index (χ4n) is 3.67. The van der Waals surface area contributed by atoms with E-state index in [4.69, 9.17) is 10.5 Å². The van der Waals surface area contributed by atoms with Crippen LogP contribution in [0.3, 0.4) is 0 Å². The molecule has 2 heterocycles. The number of ether oxygens (including phenoxy) is 1. The lowest BCUT2D eigenvalue weighted by Crippen LogP contribution is -2.47. The predicted molar refractivity (Wildman–Crippen MR) is 104 cm³/mol. The summed E-state index contributed by atoms with van der Waals surface area (Å²) < 4.78 is 5.43. The van der Waals surface area contributed by atoms with Gasteiger partial charge in [-0.1, -0.05) is 37.3 Å². The molecule has 25 heavy (non-hydrogen) atoms. The van der Waals surface area contributed by atoms with Crippen LogP contribution in [0.4, 0.5) is 0 Å². The van der Waals surface area contributed by atoms with Crippen molar-refractivity contribution in [3.8, 4) is 0 Å². The average molecular weight is 390 g/mol. The molecular formula is C18H29Cl2N3O2. The Balaban J connectivity index is 0.00000156. The van der Waals surface area contributed by atoms with E-state index in [0.717, 1.165) is 45.0 Å². The average Bonchev–Trinajstić information content (AvgIpc) is 2.98. The summed E-state index contributed by atoms with van der Waals surface area (Å²) in [5.74, 6) is 0.675. The Hall–Kier alpha value is -0.850. The van der Waals surface area contributed by atoms with Crippen molar-refractivity contribution < 1.29 is 9.53 Å². The monoisotopic (exact) mass is 389 g/mol. The second kappa shape index (κ2) is 10.3. The fraction of sp³-hybridized carbons (Fsp3) is 0.611. The maximum Gasteiger partial charge on any atom is 0.224 e. The highest BCUT2D eigenvalue weighted by Gasteiger charge is 2.36. The van der Waals surface area contributed by atoms with E-state index >= 15 is 0 Å². The van der Waals surface area contributed by atoms with E-state index in [9.17, 15) is 4.79 Å². The maximum atomic E-state index is 12.6. The van der Waals surface area contributed by atoms with Crippen molar-refractivity contribution in [3.63, 3.8) is 0 Å². The Labute approximate surface area is 162 Å². The van der Waals surface area contributed by atoms with Crippen LogP contribution in [-0.2, 0) is 9.53 Å². The van der Waals surface area contributed by atoms with E-state index in [2.05, 4.69) is 11.8 Å². The van der Waals surface area contributed by atoms with E-state index in [1.165, 1.54) is 0 Å². The van der Waals surface area contributed by atoms with Gasteiger partial charge in [-0.2, -0.15) is 0 Å². The van der Waals surface area contributed by atoms with Gasteiger partial charge in [0, 0.05) is 44.7 Å². The lowest BCUT2D eigenvalue weighted by Gasteiger charge is -2.34. The van der Waals surface area contributed by atoms with Crippen LogP contribution in [0.5, 0.6) is 0 Å². The molecule has 0 spiro atoms. The summed E-state index contributed by atoms with van der Waals surface area (Å²) >= 11 is 0. The van der Waals surface area contributed by atoms with Crippen molar-refractivity contribution in [3.05, 3.63) is 35.9 Å². The zero-order chi connectivity index (χ0) is 16.2. The first kappa shape index (κ1) is 22.2. The van der Waals surface area contributed by atoms with Crippen LogP contribution < -0.4 is 5.73 Å². The molecule has 1 amide bonds. The van der Waals surface area contributed by atoms with Crippen LogP contribution in [-0.4, -0.2) is 61.1 Å². The maximum absolute atomic E-state index is 12.6. The van der Waals surface area contributed by atoms with E-state index in [1.54, 1.807) is 0 Å². The third-order valence-corrected chi connectivity index (χ3v) is 5.06. The molecule has 2 saturated heterocycles. The van der Waals surface area contributed by atoms with Crippen molar-refractivity contribution in [2.75, 3.05) is 39.4 Å². The van der Waals surface area contributed by atoms with Crippen molar-refractivity contribution in [2.24, 2.45) is 11.7 Å². The summed E-state index contributed by atoms with van der Waals surface area (Å²) in [5, 5.41) is 0. The molecule has 2 aliphatic rings. The second-order valence-corrected chi connectivity index (χ2v) is 6.71. The molecule has 3 rings (SSSR count). The second-order valence-electron chi connectivity index (χ2n) is 6.71. The smallest absolute Gasteiger partial charge is 0.224 e. The molecule has 5 nitrogen and oxygen atoms in total. The lowest BCUT2D eigenvalue weighted by atomic mass is 10.0. The molecule has 1 aromatic rings. The first-order valence-corrected chi connectivity index (χ1v) is 8.55. The van der Waals surface area contributed by atoms with E-state index < -0.39 is 0 Å². The Kier molecular flexibility index (Phi) is 9.17. The van der Waals surface area contributed by atoms with Gasteiger partial charge in [0.05, 0.1) is 13.2 Å². The van der Waals surface area contributed by atoms with Crippen molar-refractivity contribution in [1.82, 2.24) is 9.80 Å². The number of carbonyl (C=O) groups excluding carboxylic acids is 1. The number of benzene rings is 1. The standard InChI is InChI=1S/C18H27N3O2.2ClH/c1-14-12-21(13-17(14)20-7-9-23-10-8-20)18(22)11-16(19)15-5-3-2-4-6-15;;/h2-6,14,16-17H,7-13,19H2,1H3;2*1H. The molecule has 3 atom stereocenters. The van der Waals surface area contributed by atoms with Crippen molar-refractivity contribution in [1.29, 1.82) is 0 Å². The molecule has 0 bridgehead atoms. The first-order chi connectivity index (χ1) is 11.1. The van der Waals surface area contributed by atoms with E-state index in [-0.39, 0.29) is 36.8 Å². The third kappa shape index (κ3) is 5.56. The number of nitrogens with two attached hydrogens (primary N) is 1. The third-order valence-electron chi connectivity index (χ3n) is 5.06. The number of likely N-dealkylation sites (tertiary alicyclic amines) is 1. The summed E-state index contributed by atoms with van der Waals surface area (Å²) in [5.41, 5.74) is 7.23. The summed E-state index contributed by atoms with van der Waals surface area (Å²) in [4.78, 5) is 17.1. The quantitative estimate of drug-likeness (QED) is 0.856. The van der Waals surface area contributed by atoms with Gasteiger partial charge in [0.2, 0.25) is 5.91 Å². The molecule has 2 N–H and O–H groups in total. The molecule has 1 aromatic carbocycles. The summed E-state index contributed by atoms with van der Waals surface area (Å²) in [6.45, 7) is 7.45. The van der Waals surface area contributed by atoms with Crippen LogP contribution in [0.1, 0.15) is 24.9 Å². The number of rotatable bonds is 4. The highest BCUT2D eigenvalue weighted by Crippen LogP contribution is 2.24. The number of hydrogen-bond acceptors (Lipinski definition) is 4. The molecule has 7 heteroatoms. The van der Waals surface area contributed by atoms with E-state index in [0.29, 0.717) is 18.4 Å². The van der Waals surface area contributed by atoms with Gasteiger partial charge in [-0.05, 0) is 11.5 Å². The minimum absolute atomic E-state index is 0. The SMILES string of the molecule is CC1CN(C(=O)CC(N)c2ccccc2)CC1N1CCOCC1.Cl.Cl. The molecule has 0 radical (unpaired) electrons. The highest BCUT2D eigenvalue weighted by molar-refractivity contribution is 5.85. The lowest BCUT2D eigenvalue weighted by molar-refractivity contribution is -0.130. The number of nitrogens with zero attached hydrogens (tertiary/aromatic N) is 2. The zero-order valence-electron chi connectivity index (χ0n) is 14.7. The van der Waals surface area contributed by atoms with Gasteiger partial charge in [-0.15, -0.1) is 24.8 Å². The van der Waals surface area contributed by atoms with Gasteiger partial charge in [0.25, 0.3) is 0 Å². The number of carbonyl (C=O) groups is 1. The molecular weight excluding hydrogens is 361 g/mol. The van der Waals surface area contributed by atoms with Crippen LogP contribution in [0.15, 0.2) is 30.3 Å². The van der Waals surface area contributed by atoms with Gasteiger partial charge in [-0.25, -0.2) is 0 Å². The minimum Gasteiger partial charge on any atom is -0.379 e. The van der Waals surface area contributed by atoms with Gasteiger partial charge in [0.1, 0.15) is 0 Å².